The maximum Gasteiger partial charge on any atom is 0.132 e. The summed E-state index contributed by atoms with van der Waals surface area (Å²) in [6.07, 6.45) is -0.178. The average molecular weight is 159 g/mol. The number of rotatable bonds is 1. The molecule has 1 saturated heterocycles. The van der Waals surface area contributed by atoms with Crippen LogP contribution in [0.3, 0.4) is 0 Å². The number of hydrogen-bond donors (Lipinski definition) is 1. The van der Waals surface area contributed by atoms with Crippen molar-refractivity contribution in [3.63, 3.8) is 0 Å². The molecular weight excluding hydrogens is 146 g/mol. The van der Waals surface area contributed by atoms with Crippen LogP contribution >= 0.6 is 0 Å². The third-order valence-electron chi connectivity index (χ3n) is 2.29. The lowest BCUT2D eigenvalue weighted by Crippen LogP contribution is -2.53. The van der Waals surface area contributed by atoms with Crippen LogP contribution in [-0.4, -0.2) is 48.3 Å². The number of quaternary nitrogens is 1. The molecule has 1 fully saturated rings. The highest BCUT2D eigenvalue weighted by Crippen LogP contribution is 2.21. The molecule has 0 amide bonds. The molecule has 1 heterocycles. The van der Waals surface area contributed by atoms with Crippen LogP contribution in [0.1, 0.15) is 6.42 Å². The summed E-state index contributed by atoms with van der Waals surface area (Å²) in [7, 11) is 3.58. The van der Waals surface area contributed by atoms with Gasteiger partial charge in [-0.15, -0.1) is 0 Å². The minimum atomic E-state index is -1.06. The third kappa shape index (κ3) is 1.52. The highest BCUT2D eigenvalue weighted by atomic mass is 16.4. The fourth-order valence-electron chi connectivity index (χ4n) is 1.67. The van der Waals surface area contributed by atoms with Gasteiger partial charge in [0.2, 0.25) is 0 Å². The molecule has 0 unspecified atom stereocenters. The molecule has 0 aromatic carbocycles. The second kappa shape index (κ2) is 2.46. The number of carboxylic acids is 1. The lowest BCUT2D eigenvalue weighted by molar-refractivity contribution is -0.896. The van der Waals surface area contributed by atoms with Crippen molar-refractivity contribution >= 4 is 5.97 Å². The van der Waals surface area contributed by atoms with Crippen molar-refractivity contribution in [2.24, 2.45) is 0 Å². The SMILES string of the molecule is C[N+]1(C)C[C@@H](O)C[C@H]1C(=O)[O-]. The van der Waals surface area contributed by atoms with Gasteiger partial charge in [0.25, 0.3) is 0 Å². The van der Waals surface area contributed by atoms with Gasteiger partial charge in [-0.25, -0.2) is 0 Å². The number of likely N-dealkylation sites (tertiary alicyclic amines) is 1. The van der Waals surface area contributed by atoms with E-state index in [1.54, 1.807) is 14.1 Å². The molecule has 0 saturated carbocycles. The molecule has 0 aromatic rings. The van der Waals surface area contributed by atoms with Crippen LogP contribution in [0.5, 0.6) is 0 Å². The Morgan fingerprint density at radius 1 is 1.64 bits per heavy atom. The molecule has 2 atom stereocenters. The second-order valence-corrected chi connectivity index (χ2v) is 3.69. The zero-order chi connectivity index (χ0) is 8.65. The first-order valence-corrected chi connectivity index (χ1v) is 3.65. The zero-order valence-electron chi connectivity index (χ0n) is 6.78. The van der Waals surface area contributed by atoms with E-state index in [-0.39, 0.29) is 0 Å². The largest absolute Gasteiger partial charge is 0.544 e. The van der Waals surface area contributed by atoms with Gasteiger partial charge in [-0.1, -0.05) is 0 Å². The van der Waals surface area contributed by atoms with Crippen LogP contribution in [0.15, 0.2) is 0 Å². The Kier molecular flexibility index (Phi) is 1.90. The Morgan fingerprint density at radius 2 is 2.18 bits per heavy atom. The fourth-order valence-corrected chi connectivity index (χ4v) is 1.67. The average Bonchev–Trinajstić information content (AvgIpc) is 2.04. The number of hydrogen-bond acceptors (Lipinski definition) is 3. The molecule has 4 nitrogen and oxygen atoms in total. The van der Waals surface area contributed by atoms with Gasteiger partial charge in [0.05, 0.1) is 20.1 Å². The van der Waals surface area contributed by atoms with Crippen LogP contribution in [-0.2, 0) is 4.79 Å². The van der Waals surface area contributed by atoms with Crippen molar-refractivity contribution in [3.05, 3.63) is 0 Å². The first kappa shape index (κ1) is 8.49. The molecule has 0 spiro atoms. The standard InChI is InChI=1S/C7H13NO3/c1-8(2)4-5(9)3-6(8)7(10)11/h5-6,9H,3-4H2,1-2H3/t5-,6-/m0/s1. The smallest absolute Gasteiger partial charge is 0.132 e. The van der Waals surface area contributed by atoms with E-state index in [1.807, 2.05) is 0 Å². The second-order valence-electron chi connectivity index (χ2n) is 3.69. The number of likely N-dealkylation sites (N-methyl/N-ethyl adjacent to an activating group) is 1. The van der Waals surface area contributed by atoms with Crippen LogP contribution in [0, 0.1) is 0 Å². The van der Waals surface area contributed by atoms with E-state index in [9.17, 15) is 15.0 Å². The van der Waals surface area contributed by atoms with Crippen molar-refractivity contribution in [1.29, 1.82) is 0 Å². The molecule has 11 heavy (non-hydrogen) atoms. The molecule has 0 aliphatic carbocycles. The van der Waals surface area contributed by atoms with E-state index in [0.29, 0.717) is 17.4 Å². The minimum Gasteiger partial charge on any atom is -0.544 e. The zero-order valence-corrected chi connectivity index (χ0v) is 6.78. The molecule has 4 heteroatoms. The van der Waals surface area contributed by atoms with Gasteiger partial charge in [0.15, 0.2) is 0 Å². The Bertz CT molecular complexity index is 179. The van der Waals surface area contributed by atoms with Crippen LogP contribution in [0.2, 0.25) is 0 Å². The van der Waals surface area contributed by atoms with Crippen molar-refractivity contribution in [3.8, 4) is 0 Å². The lowest BCUT2D eigenvalue weighted by Gasteiger charge is -2.31. The highest BCUT2D eigenvalue weighted by molar-refractivity contribution is 5.70. The maximum absolute atomic E-state index is 10.5. The summed E-state index contributed by atoms with van der Waals surface area (Å²) in [6.45, 7) is 0.499. The number of aliphatic hydroxyl groups is 1. The number of carbonyl (C=O) groups is 1. The van der Waals surface area contributed by atoms with Crippen molar-refractivity contribution in [1.82, 2.24) is 0 Å². The number of nitrogens with zero attached hydrogens (tertiary/aromatic N) is 1. The van der Waals surface area contributed by atoms with Gasteiger partial charge < -0.3 is 19.5 Å². The molecule has 0 aromatic heterocycles. The molecular formula is C7H13NO3. The Labute approximate surface area is 65.6 Å². The predicted molar refractivity (Wildman–Crippen MR) is 36.4 cm³/mol. The molecule has 0 bridgehead atoms. The van der Waals surface area contributed by atoms with E-state index in [1.165, 1.54) is 0 Å². The van der Waals surface area contributed by atoms with Gasteiger partial charge in [-0.05, 0) is 0 Å². The van der Waals surface area contributed by atoms with Gasteiger partial charge in [-0.2, -0.15) is 0 Å². The molecule has 64 valence electrons. The summed E-state index contributed by atoms with van der Waals surface area (Å²) in [5.41, 5.74) is 0. The number of aliphatic hydroxyl groups excluding tert-OH is 1. The monoisotopic (exact) mass is 159 g/mol. The maximum atomic E-state index is 10.5. The predicted octanol–water partition coefficient (Wildman–Crippen LogP) is -2.05. The number of aliphatic carboxylic acids is 1. The summed E-state index contributed by atoms with van der Waals surface area (Å²) >= 11 is 0. The van der Waals surface area contributed by atoms with E-state index in [4.69, 9.17) is 0 Å². The van der Waals surface area contributed by atoms with Crippen LogP contribution in [0.4, 0.5) is 0 Å². The first-order valence-electron chi connectivity index (χ1n) is 3.65. The summed E-state index contributed by atoms with van der Waals surface area (Å²) in [4.78, 5) is 10.5. The fraction of sp³-hybridized carbons (Fsp3) is 0.857. The first-order chi connectivity index (χ1) is 4.93. The number of carboxylic acid groups (broad SMARTS) is 1. The minimum absolute atomic E-state index is 0.315. The van der Waals surface area contributed by atoms with Gasteiger partial charge in [0, 0.05) is 6.42 Å². The van der Waals surface area contributed by atoms with Crippen molar-refractivity contribution < 1.29 is 19.5 Å². The van der Waals surface area contributed by atoms with E-state index < -0.39 is 18.1 Å². The van der Waals surface area contributed by atoms with Crippen LogP contribution < -0.4 is 5.11 Å². The van der Waals surface area contributed by atoms with E-state index >= 15 is 0 Å². The van der Waals surface area contributed by atoms with E-state index in [0.717, 1.165) is 0 Å². The lowest BCUT2D eigenvalue weighted by atomic mass is 10.2. The summed E-state index contributed by atoms with van der Waals surface area (Å²) in [5, 5.41) is 19.7. The number of carbonyl (C=O) groups excluding carboxylic acids is 1. The van der Waals surface area contributed by atoms with Crippen molar-refractivity contribution in [2.45, 2.75) is 18.6 Å². The third-order valence-corrected chi connectivity index (χ3v) is 2.29. The summed E-state index contributed by atoms with van der Waals surface area (Å²) in [5.74, 6) is -1.06. The van der Waals surface area contributed by atoms with Gasteiger partial charge >= 0.3 is 0 Å². The molecule has 1 aliphatic rings. The molecule has 1 aliphatic heterocycles. The quantitative estimate of drug-likeness (QED) is 0.448. The van der Waals surface area contributed by atoms with Gasteiger partial charge in [-0.3, -0.25) is 0 Å². The summed E-state index contributed by atoms with van der Waals surface area (Å²) < 4.78 is 0.323. The van der Waals surface area contributed by atoms with E-state index in [2.05, 4.69) is 0 Å². The molecule has 1 rings (SSSR count). The Balaban J connectivity index is 2.74. The molecule has 0 radical (unpaired) electrons. The Morgan fingerprint density at radius 3 is 2.36 bits per heavy atom. The van der Waals surface area contributed by atoms with Gasteiger partial charge in [0.1, 0.15) is 18.7 Å². The van der Waals surface area contributed by atoms with Crippen molar-refractivity contribution in [2.75, 3.05) is 20.6 Å². The highest BCUT2D eigenvalue weighted by Gasteiger charge is 2.40. The van der Waals surface area contributed by atoms with Crippen LogP contribution in [0.25, 0.3) is 0 Å². The summed E-state index contributed by atoms with van der Waals surface area (Å²) in [6, 6.07) is -0.551. The Hall–Kier alpha value is -0.610. The molecule has 1 N–H and O–H groups in total. The topological polar surface area (TPSA) is 60.4 Å². The normalized spacial score (nSPS) is 35.5.